The Kier molecular flexibility index (Phi) is 5.37. The van der Waals surface area contributed by atoms with Crippen molar-refractivity contribution in [2.75, 3.05) is 13.1 Å². The molecule has 1 aliphatic rings. The number of piperidine rings is 1. The summed E-state index contributed by atoms with van der Waals surface area (Å²) in [5.41, 5.74) is 3.06. The molecule has 4 rings (SSSR count). The van der Waals surface area contributed by atoms with Gasteiger partial charge in [0.1, 0.15) is 0 Å². The minimum absolute atomic E-state index is 0.108. The standard InChI is InChI=1S/C23H23NO2S/c25-21(18-9-5-2-6-10-18)19-11-14-24(15-12-19)23(26)22-20(13-16-27-22)17-7-3-1-4-8-17/h1-10,13,16,19,21,25H,11-12,14-15H2. The van der Waals surface area contributed by atoms with E-state index in [-0.39, 0.29) is 11.8 Å². The van der Waals surface area contributed by atoms with Crippen molar-refractivity contribution in [3.8, 4) is 11.1 Å². The van der Waals surface area contributed by atoms with Gasteiger partial charge in [-0.25, -0.2) is 0 Å². The predicted molar refractivity (Wildman–Crippen MR) is 110 cm³/mol. The Balaban J connectivity index is 1.43. The second kappa shape index (κ2) is 8.07. The third-order valence-corrected chi connectivity index (χ3v) is 6.26. The number of nitrogens with zero attached hydrogens (tertiary/aromatic N) is 1. The van der Waals surface area contributed by atoms with E-state index < -0.39 is 6.10 Å². The summed E-state index contributed by atoms with van der Waals surface area (Å²) in [6.45, 7) is 1.39. The number of hydrogen-bond donors (Lipinski definition) is 1. The molecular formula is C23H23NO2S. The molecule has 0 radical (unpaired) electrons. The molecule has 1 N–H and O–H groups in total. The highest BCUT2D eigenvalue weighted by Gasteiger charge is 2.29. The van der Waals surface area contributed by atoms with Crippen LogP contribution in [0.1, 0.15) is 34.2 Å². The van der Waals surface area contributed by atoms with E-state index in [9.17, 15) is 9.90 Å². The summed E-state index contributed by atoms with van der Waals surface area (Å²) in [5, 5.41) is 12.6. The molecule has 1 saturated heterocycles. The van der Waals surface area contributed by atoms with Crippen molar-refractivity contribution in [1.29, 1.82) is 0 Å². The first-order valence-electron chi connectivity index (χ1n) is 9.39. The van der Waals surface area contributed by atoms with Gasteiger partial charge in [-0.1, -0.05) is 60.7 Å². The van der Waals surface area contributed by atoms with E-state index in [1.807, 2.05) is 77.0 Å². The van der Waals surface area contributed by atoms with Crippen LogP contribution in [0.4, 0.5) is 0 Å². The summed E-state index contributed by atoms with van der Waals surface area (Å²) in [4.78, 5) is 15.8. The normalized spacial score (nSPS) is 16.3. The van der Waals surface area contributed by atoms with Gasteiger partial charge in [-0.15, -0.1) is 11.3 Å². The lowest BCUT2D eigenvalue weighted by Crippen LogP contribution is -2.39. The molecule has 0 spiro atoms. The zero-order chi connectivity index (χ0) is 18.6. The number of hydrogen-bond acceptors (Lipinski definition) is 3. The first-order chi connectivity index (χ1) is 13.2. The van der Waals surface area contributed by atoms with Crippen LogP contribution in [0.2, 0.25) is 0 Å². The first kappa shape index (κ1) is 18.0. The van der Waals surface area contributed by atoms with E-state index in [0.717, 1.165) is 34.4 Å². The van der Waals surface area contributed by atoms with E-state index in [2.05, 4.69) is 0 Å². The van der Waals surface area contributed by atoms with Gasteiger partial charge in [-0.2, -0.15) is 0 Å². The van der Waals surface area contributed by atoms with Crippen LogP contribution in [-0.4, -0.2) is 29.0 Å². The highest BCUT2D eigenvalue weighted by Crippen LogP contribution is 2.33. The van der Waals surface area contributed by atoms with E-state index >= 15 is 0 Å². The van der Waals surface area contributed by atoms with E-state index in [4.69, 9.17) is 0 Å². The summed E-state index contributed by atoms with van der Waals surface area (Å²) >= 11 is 1.51. The Morgan fingerprint density at radius 1 is 0.963 bits per heavy atom. The topological polar surface area (TPSA) is 40.5 Å². The minimum atomic E-state index is -0.454. The van der Waals surface area contributed by atoms with Gasteiger partial charge in [0.15, 0.2) is 0 Å². The Bertz CT molecular complexity index is 883. The number of rotatable bonds is 4. The van der Waals surface area contributed by atoms with Crippen molar-refractivity contribution < 1.29 is 9.90 Å². The maximum absolute atomic E-state index is 13.1. The Morgan fingerprint density at radius 3 is 2.26 bits per heavy atom. The fraction of sp³-hybridized carbons (Fsp3) is 0.261. The van der Waals surface area contributed by atoms with Crippen LogP contribution in [-0.2, 0) is 0 Å². The molecule has 0 bridgehead atoms. The van der Waals surface area contributed by atoms with Crippen molar-refractivity contribution in [1.82, 2.24) is 4.90 Å². The maximum Gasteiger partial charge on any atom is 0.264 e. The van der Waals surface area contributed by atoms with Gasteiger partial charge in [0, 0.05) is 18.7 Å². The molecule has 3 nitrogen and oxygen atoms in total. The molecule has 1 aliphatic heterocycles. The Morgan fingerprint density at radius 2 is 1.59 bits per heavy atom. The number of aliphatic hydroxyl groups excluding tert-OH is 1. The molecule has 0 saturated carbocycles. The number of aliphatic hydroxyl groups is 1. The van der Waals surface area contributed by atoms with Gasteiger partial charge < -0.3 is 10.0 Å². The van der Waals surface area contributed by atoms with Crippen molar-refractivity contribution in [2.45, 2.75) is 18.9 Å². The molecule has 1 unspecified atom stereocenters. The average molecular weight is 378 g/mol. The minimum Gasteiger partial charge on any atom is -0.388 e. The van der Waals surface area contributed by atoms with E-state index in [0.29, 0.717) is 13.1 Å². The fourth-order valence-electron chi connectivity index (χ4n) is 3.80. The monoisotopic (exact) mass is 377 g/mol. The number of benzene rings is 2. The lowest BCUT2D eigenvalue weighted by atomic mass is 9.87. The van der Waals surface area contributed by atoms with Gasteiger partial charge in [0.2, 0.25) is 0 Å². The molecular weight excluding hydrogens is 354 g/mol. The molecule has 2 heterocycles. The lowest BCUT2D eigenvalue weighted by Gasteiger charge is -2.34. The van der Waals surface area contributed by atoms with E-state index in [1.165, 1.54) is 11.3 Å². The second-order valence-electron chi connectivity index (χ2n) is 7.01. The zero-order valence-corrected chi connectivity index (χ0v) is 15.9. The smallest absolute Gasteiger partial charge is 0.264 e. The SMILES string of the molecule is O=C(c1sccc1-c1ccccc1)N1CCC(C(O)c2ccccc2)CC1. The molecule has 0 aliphatic carbocycles. The molecule has 4 heteroatoms. The van der Waals surface area contributed by atoms with Crippen LogP contribution < -0.4 is 0 Å². The van der Waals surface area contributed by atoms with E-state index in [1.54, 1.807) is 0 Å². The molecule has 3 aromatic rings. The average Bonchev–Trinajstić information content (AvgIpc) is 3.24. The molecule has 1 atom stereocenters. The molecule has 138 valence electrons. The van der Waals surface area contributed by atoms with Crippen LogP contribution in [0.15, 0.2) is 72.1 Å². The molecule has 2 aromatic carbocycles. The first-order valence-corrected chi connectivity index (χ1v) is 10.3. The van der Waals surface area contributed by atoms with Crippen molar-refractivity contribution >= 4 is 17.2 Å². The van der Waals surface area contributed by atoms with Crippen molar-refractivity contribution in [3.63, 3.8) is 0 Å². The molecule has 1 fully saturated rings. The highest BCUT2D eigenvalue weighted by atomic mass is 32.1. The van der Waals surface area contributed by atoms with Gasteiger partial charge >= 0.3 is 0 Å². The number of amides is 1. The van der Waals surface area contributed by atoms with Crippen LogP contribution in [0.3, 0.4) is 0 Å². The summed E-state index contributed by atoms with van der Waals surface area (Å²) in [5.74, 6) is 0.310. The van der Waals surface area contributed by atoms with Gasteiger partial charge in [0.05, 0.1) is 11.0 Å². The van der Waals surface area contributed by atoms with Crippen LogP contribution in [0.25, 0.3) is 11.1 Å². The third kappa shape index (κ3) is 3.82. The predicted octanol–water partition coefficient (Wildman–Crippen LogP) is 5.00. The number of thiophene rings is 1. The highest BCUT2D eigenvalue weighted by molar-refractivity contribution is 7.12. The van der Waals surface area contributed by atoms with Gasteiger partial charge in [-0.3, -0.25) is 4.79 Å². The van der Waals surface area contributed by atoms with Gasteiger partial charge in [0.25, 0.3) is 5.91 Å². The summed E-state index contributed by atoms with van der Waals surface area (Å²) < 4.78 is 0. The lowest BCUT2D eigenvalue weighted by molar-refractivity contribution is 0.0466. The number of carbonyl (C=O) groups is 1. The fourth-order valence-corrected chi connectivity index (χ4v) is 4.69. The third-order valence-electron chi connectivity index (χ3n) is 5.36. The van der Waals surface area contributed by atoms with Crippen LogP contribution in [0, 0.1) is 5.92 Å². The molecule has 1 amide bonds. The molecule has 27 heavy (non-hydrogen) atoms. The summed E-state index contributed by atoms with van der Waals surface area (Å²) in [6, 6.07) is 21.9. The quantitative estimate of drug-likeness (QED) is 0.695. The van der Waals surface area contributed by atoms with Gasteiger partial charge in [-0.05, 0) is 41.3 Å². The summed E-state index contributed by atoms with van der Waals surface area (Å²) in [7, 11) is 0. The number of carbonyl (C=O) groups excluding carboxylic acids is 1. The van der Waals surface area contributed by atoms with Crippen molar-refractivity contribution in [3.05, 3.63) is 82.6 Å². The van der Waals surface area contributed by atoms with Crippen LogP contribution >= 0.6 is 11.3 Å². The van der Waals surface area contributed by atoms with Crippen LogP contribution in [0.5, 0.6) is 0 Å². The largest absolute Gasteiger partial charge is 0.388 e. The number of likely N-dealkylation sites (tertiary alicyclic amines) is 1. The zero-order valence-electron chi connectivity index (χ0n) is 15.1. The Hall–Kier alpha value is -2.43. The molecule has 1 aromatic heterocycles. The maximum atomic E-state index is 13.1. The second-order valence-corrected chi connectivity index (χ2v) is 7.93. The Labute approximate surface area is 163 Å². The summed E-state index contributed by atoms with van der Waals surface area (Å²) in [6.07, 6.45) is 1.20. The van der Waals surface area contributed by atoms with Crippen molar-refractivity contribution in [2.24, 2.45) is 5.92 Å².